The number of carbonyl (C=O) groups excluding carboxylic acids is 2. The number of aromatic nitrogens is 2. The van der Waals surface area contributed by atoms with Gasteiger partial charge in [-0.15, -0.1) is 0 Å². The van der Waals surface area contributed by atoms with Crippen molar-refractivity contribution in [1.82, 2.24) is 26.0 Å². The molecule has 1 atom stereocenters. The highest BCUT2D eigenvalue weighted by molar-refractivity contribution is 5.99. The molecule has 11 heteroatoms. The lowest BCUT2D eigenvalue weighted by Crippen LogP contribution is -2.32. The van der Waals surface area contributed by atoms with Crippen LogP contribution in [0.25, 0.3) is 0 Å². The number of rotatable bonds is 6. The van der Waals surface area contributed by atoms with E-state index in [9.17, 15) is 14.7 Å². The second-order valence-electron chi connectivity index (χ2n) is 10.2. The van der Waals surface area contributed by atoms with Gasteiger partial charge in [0.15, 0.2) is 5.84 Å². The Morgan fingerprint density at radius 2 is 1.82 bits per heavy atom. The third-order valence-corrected chi connectivity index (χ3v) is 6.52. The smallest absolute Gasteiger partial charge is 0.270 e. The van der Waals surface area contributed by atoms with Gasteiger partial charge in [0.05, 0.1) is 6.04 Å². The van der Waals surface area contributed by atoms with E-state index in [1.54, 1.807) is 6.07 Å². The molecule has 0 saturated carbocycles. The minimum absolute atomic E-state index is 0.0695. The first kappa shape index (κ1) is 26.6. The van der Waals surface area contributed by atoms with E-state index in [4.69, 9.17) is 11.7 Å². The monoisotopic (exact) mass is 516 g/mol. The van der Waals surface area contributed by atoms with E-state index >= 15 is 0 Å². The molecule has 2 amide bonds. The minimum atomic E-state index is -0.453. The summed E-state index contributed by atoms with van der Waals surface area (Å²) < 4.78 is 0. The lowest BCUT2D eigenvalue weighted by Gasteiger charge is -2.20. The number of hydrazine groups is 1. The first-order chi connectivity index (χ1) is 18.1. The van der Waals surface area contributed by atoms with Crippen LogP contribution in [-0.4, -0.2) is 32.7 Å². The van der Waals surface area contributed by atoms with Gasteiger partial charge in [-0.05, 0) is 52.6 Å². The fraction of sp³-hybridized carbons (Fsp3) is 0.296. The highest BCUT2D eigenvalue weighted by Gasteiger charge is 2.26. The van der Waals surface area contributed by atoms with Crippen LogP contribution in [0.15, 0.2) is 53.9 Å². The average Bonchev–Trinajstić information content (AvgIpc) is 3.29. The number of nitrogens with zero attached hydrogens (tertiary/aromatic N) is 3. The Morgan fingerprint density at radius 1 is 1.08 bits per heavy atom. The SMILES string of the molecule is CC(C)(C)c1ccc(CNC(=O)c2cc(C(=O)NC3CCc4cc(/C(=N/N)NN)ccc43)ncn2)cc1O. The quantitative estimate of drug-likeness (QED) is 0.124. The van der Waals surface area contributed by atoms with Crippen LogP contribution in [0, 0.1) is 0 Å². The van der Waals surface area contributed by atoms with E-state index < -0.39 is 11.8 Å². The number of aromatic hydroxyl groups is 1. The summed E-state index contributed by atoms with van der Waals surface area (Å²) in [5.41, 5.74) is 6.80. The lowest BCUT2D eigenvalue weighted by atomic mass is 9.86. The van der Waals surface area contributed by atoms with Crippen molar-refractivity contribution in [3.63, 3.8) is 0 Å². The highest BCUT2D eigenvalue weighted by Crippen LogP contribution is 2.32. The summed E-state index contributed by atoms with van der Waals surface area (Å²) in [4.78, 5) is 33.8. The molecule has 0 spiro atoms. The summed E-state index contributed by atoms with van der Waals surface area (Å²) in [7, 11) is 0. The van der Waals surface area contributed by atoms with E-state index in [0.717, 1.165) is 40.7 Å². The summed E-state index contributed by atoms with van der Waals surface area (Å²) in [5, 5.41) is 19.7. The van der Waals surface area contributed by atoms with E-state index in [-0.39, 0.29) is 35.1 Å². The van der Waals surface area contributed by atoms with Gasteiger partial charge in [-0.3, -0.25) is 9.59 Å². The average molecular weight is 517 g/mol. The Balaban J connectivity index is 1.40. The van der Waals surface area contributed by atoms with Crippen LogP contribution in [0.4, 0.5) is 0 Å². The molecule has 3 aromatic rings. The molecule has 0 bridgehead atoms. The van der Waals surface area contributed by atoms with E-state index in [1.807, 2.05) is 51.1 Å². The van der Waals surface area contributed by atoms with Crippen molar-refractivity contribution < 1.29 is 14.7 Å². The number of amides is 2. The molecular formula is C27H32N8O3. The maximum atomic E-state index is 13.0. The molecule has 1 aliphatic carbocycles. The molecule has 0 radical (unpaired) electrons. The predicted molar refractivity (Wildman–Crippen MR) is 143 cm³/mol. The summed E-state index contributed by atoms with van der Waals surface area (Å²) in [5.74, 6) is 10.5. The van der Waals surface area contributed by atoms with Crippen LogP contribution >= 0.6 is 0 Å². The normalized spacial score (nSPS) is 15.1. The Kier molecular flexibility index (Phi) is 7.58. The predicted octanol–water partition coefficient (Wildman–Crippen LogP) is 1.91. The van der Waals surface area contributed by atoms with Gasteiger partial charge in [0.2, 0.25) is 0 Å². The first-order valence-corrected chi connectivity index (χ1v) is 12.2. The number of benzene rings is 2. The molecule has 0 aliphatic heterocycles. The number of nitrogens with two attached hydrogens (primary N) is 2. The van der Waals surface area contributed by atoms with Crippen LogP contribution < -0.4 is 27.7 Å². The van der Waals surface area contributed by atoms with Gasteiger partial charge in [-0.1, -0.05) is 45.0 Å². The Labute approximate surface area is 220 Å². The molecule has 1 aliphatic rings. The molecule has 0 saturated heterocycles. The van der Waals surface area contributed by atoms with Crippen LogP contribution in [0.1, 0.15) is 82.0 Å². The van der Waals surface area contributed by atoms with Crippen LogP contribution in [-0.2, 0) is 18.4 Å². The fourth-order valence-electron chi connectivity index (χ4n) is 4.54. The van der Waals surface area contributed by atoms with Gasteiger partial charge >= 0.3 is 0 Å². The van der Waals surface area contributed by atoms with Crippen molar-refractivity contribution in [2.75, 3.05) is 0 Å². The molecule has 1 unspecified atom stereocenters. The Morgan fingerprint density at radius 3 is 2.47 bits per heavy atom. The van der Waals surface area contributed by atoms with Crippen LogP contribution in [0.5, 0.6) is 5.75 Å². The largest absolute Gasteiger partial charge is 0.508 e. The Hall–Kier alpha value is -4.51. The highest BCUT2D eigenvalue weighted by atomic mass is 16.3. The summed E-state index contributed by atoms with van der Waals surface area (Å²) in [6, 6.07) is 12.2. The van der Waals surface area contributed by atoms with Crippen LogP contribution in [0.2, 0.25) is 0 Å². The van der Waals surface area contributed by atoms with Crippen molar-refractivity contribution in [2.24, 2.45) is 16.8 Å². The number of hydrogen-bond donors (Lipinski definition) is 6. The van der Waals surface area contributed by atoms with E-state index in [1.165, 1.54) is 12.4 Å². The van der Waals surface area contributed by atoms with Crippen molar-refractivity contribution in [2.45, 2.75) is 51.6 Å². The standard InChI is InChI=1S/C27H32N8O3/c1-27(2,3)19-8-4-15(10-23(19)36)13-30-25(37)21-12-22(32-14-31-21)26(38)33-20-9-6-16-11-17(5-7-18(16)20)24(34-28)35-29/h4-5,7-8,10-12,14,20,36H,6,9,13,28-29H2,1-3H3,(H,30,37)(H,33,38)(H,34,35). The number of fused-ring (bicyclic) bond motifs is 1. The molecular weight excluding hydrogens is 484 g/mol. The zero-order valence-corrected chi connectivity index (χ0v) is 21.6. The zero-order valence-electron chi connectivity index (χ0n) is 21.6. The molecule has 1 aromatic heterocycles. The third-order valence-electron chi connectivity index (χ3n) is 6.52. The summed E-state index contributed by atoms with van der Waals surface area (Å²) in [6.45, 7) is 6.24. The maximum absolute atomic E-state index is 13.0. The van der Waals surface area contributed by atoms with Crippen molar-refractivity contribution in [3.8, 4) is 5.75 Å². The molecule has 2 aromatic carbocycles. The van der Waals surface area contributed by atoms with Gasteiger partial charge in [-0.2, -0.15) is 5.10 Å². The number of hydrazone groups is 1. The van der Waals surface area contributed by atoms with E-state index in [0.29, 0.717) is 5.84 Å². The fourth-order valence-corrected chi connectivity index (χ4v) is 4.54. The topological polar surface area (TPSA) is 181 Å². The number of amidine groups is 1. The molecule has 1 heterocycles. The van der Waals surface area contributed by atoms with Gasteiger partial charge in [0, 0.05) is 18.2 Å². The number of carbonyl (C=O) groups is 2. The molecule has 0 fully saturated rings. The summed E-state index contributed by atoms with van der Waals surface area (Å²) in [6.07, 6.45) is 2.67. The second kappa shape index (κ2) is 10.9. The summed E-state index contributed by atoms with van der Waals surface area (Å²) >= 11 is 0. The number of aryl methyl sites for hydroxylation is 1. The van der Waals surface area contributed by atoms with Crippen LogP contribution in [0.3, 0.4) is 0 Å². The Bertz CT molecular complexity index is 1400. The van der Waals surface area contributed by atoms with Crippen molar-refractivity contribution in [1.29, 1.82) is 0 Å². The van der Waals surface area contributed by atoms with Gasteiger partial charge < -0.3 is 27.0 Å². The molecule has 198 valence electrons. The van der Waals surface area contributed by atoms with Gasteiger partial charge in [-0.25, -0.2) is 15.8 Å². The second-order valence-corrected chi connectivity index (χ2v) is 10.2. The first-order valence-electron chi connectivity index (χ1n) is 12.2. The maximum Gasteiger partial charge on any atom is 0.270 e. The van der Waals surface area contributed by atoms with E-state index in [2.05, 4.69) is 31.1 Å². The minimum Gasteiger partial charge on any atom is -0.508 e. The zero-order chi connectivity index (χ0) is 27.4. The molecule has 8 N–H and O–H groups in total. The number of hydrogen-bond acceptors (Lipinski definition) is 8. The van der Waals surface area contributed by atoms with Gasteiger partial charge in [0.25, 0.3) is 11.8 Å². The lowest BCUT2D eigenvalue weighted by molar-refractivity contribution is 0.0931. The number of phenolic OH excluding ortho intramolecular Hbond substituents is 1. The molecule has 38 heavy (non-hydrogen) atoms. The van der Waals surface area contributed by atoms with Gasteiger partial charge in [0.1, 0.15) is 23.5 Å². The van der Waals surface area contributed by atoms with Crippen molar-refractivity contribution in [3.05, 3.63) is 88.0 Å². The number of nitrogens with one attached hydrogen (secondary N) is 3. The third kappa shape index (κ3) is 5.73. The molecule has 11 nitrogen and oxygen atoms in total. The molecule has 4 rings (SSSR count). The number of phenols is 1. The van der Waals surface area contributed by atoms with Crippen molar-refractivity contribution >= 4 is 17.6 Å².